The Bertz CT molecular complexity index is 441. The van der Waals surface area contributed by atoms with Crippen molar-refractivity contribution in [1.82, 2.24) is 5.32 Å². The van der Waals surface area contributed by atoms with Gasteiger partial charge in [0.05, 0.1) is 6.10 Å². The van der Waals surface area contributed by atoms with Crippen molar-refractivity contribution in [2.75, 3.05) is 6.54 Å². The Balaban J connectivity index is 1.62. The number of aliphatic hydroxyl groups excluding tert-OH is 1. The molecule has 1 aromatic rings. The van der Waals surface area contributed by atoms with Gasteiger partial charge in [0.25, 0.3) is 0 Å². The van der Waals surface area contributed by atoms with Crippen LogP contribution in [0.4, 0.5) is 0 Å². The number of aliphatic hydroxyl groups is 1. The summed E-state index contributed by atoms with van der Waals surface area (Å²) in [5.41, 5.74) is 2.88. The zero-order valence-corrected chi connectivity index (χ0v) is 12.5. The standard InChI is InChI=1S/C18H27NO/c1-13-5-2-3-8-17(13)18(15-9-10-15)19-12-14-6-4-7-16(20)11-14/h2-3,5,8,14-16,18-20H,4,6-7,9-12H2,1H3. The van der Waals surface area contributed by atoms with Crippen LogP contribution in [-0.4, -0.2) is 17.8 Å². The zero-order chi connectivity index (χ0) is 13.9. The van der Waals surface area contributed by atoms with Gasteiger partial charge in [0.15, 0.2) is 0 Å². The number of nitrogens with one attached hydrogen (secondary N) is 1. The molecule has 2 aliphatic rings. The fraction of sp³-hybridized carbons (Fsp3) is 0.667. The third-order valence-corrected chi connectivity index (χ3v) is 5.00. The molecule has 2 heteroatoms. The molecule has 0 amide bonds. The second-order valence-corrected chi connectivity index (χ2v) is 6.77. The van der Waals surface area contributed by atoms with Crippen LogP contribution in [0.25, 0.3) is 0 Å². The Morgan fingerprint density at radius 2 is 2.00 bits per heavy atom. The minimum atomic E-state index is -0.0617. The van der Waals surface area contributed by atoms with Crippen molar-refractivity contribution in [1.29, 1.82) is 0 Å². The van der Waals surface area contributed by atoms with E-state index in [0.717, 1.165) is 25.3 Å². The second kappa shape index (κ2) is 6.28. The summed E-state index contributed by atoms with van der Waals surface area (Å²) in [5.74, 6) is 1.48. The molecule has 1 aromatic carbocycles. The van der Waals surface area contributed by atoms with Gasteiger partial charge in [-0.05, 0) is 68.5 Å². The maximum Gasteiger partial charge on any atom is 0.0543 e. The number of benzene rings is 1. The predicted octanol–water partition coefficient (Wildman–Crippen LogP) is 3.59. The molecule has 2 aliphatic carbocycles. The van der Waals surface area contributed by atoms with Crippen LogP contribution in [0.5, 0.6) is 0 Å². The molecule has 0 aromatic heterocycles. The number of hydrogen-bond acceptors (Lipinski definition) is 2. The summed E-state index contributed by atoms with van der Waals surface area (Å²) in [6.07, 6.45) is 7.10. The summed E-state index contributed by atoms with van der Waals surface area (Å²) in [4.78, 5) is 0. The first-order valence-electron chi connectivity index (χ1n) is 8.21. The van der Waals surface area contributed by atoms with Crippen molar-refractivity contribution in [3.8, 4) is 0 Å². The fourth-order valence-corrected chi connectivity index (χ4v) is 3.64. The van der Waals surface area contributed by atoms with Crippen LogP contribution in [0.2, 0.25) is 0 Å². The van der Waals surface area contributed by atoms with Gasteiger partial charge in [-0.3, -0.25) is 0 Å². The van der Waals surface area contributed by atoms with E-state index in [-0.39, 0.29) is 6.10 Å². The third-order valence-electron chi connectivity index (χ3n) is 5.00. The maximum atomic E-state index is 9.80. The molecular weight excluding hydrogens is 246 g/mol. The molecule has 20 heavy (non-hydrogen) atoms. The molecule has 3 atom stereocenters. The van der Waals surface area contributed by atoms with Gasteiger partial charge in [-0.1, -0.05) is 30.7 Å². The van der Waals surface area contributed by atoms with Crippen molar-refractivity contribution in [2.24, 2.45) is 11.8 Å². The Labute approximate surface area is 122 Å². The van der Waals surface area contributed by atoms with Crippen molar-refractivity contribution < 1.29 is 5.11 Å². The quantitative estimate of drug-likeness (QED) is 0.859. The fourth-order valence-electron chi connectivity index (χ4n) is 3.64. The topological polar surface area (TPSA) is 32.3 Å². The largest absolute Gasteiger partial charge is 0.393 e. The third kappa shape index (κ3) is 3.42. The van der Waals surface area contributed by atoms with E-state index in [1.54, 1.807) is 0 Å². The van der Waals surface area contributed by atoms with Crippen molar-refractivity contribution >= 4 is 0 Å². The lowest BCUT2D eigenvalue weighted by Crippen LogP contribution is -2.32. The SMILES string of the molecule is Cc1ccccc1C(NCC1CCCC(O)C1)C1CC1. The van der Waals surface area contributed by atoms with Crippen molar-refractivity contribution in [2.45, 2.75) is 57.6 Å². The van der Waals surface area contributed by atoms with E-state index in [2.05, 4.69) is 36.5 Å². The Hall–Kier alpha value is -0.860. The van der Waals surface area contributed by atoms with Crippen LogP contribution in [0.15, 0.2) is 24.3 Å². The molecule has 3 unspecified atom stereocenters. The van der Waals surface area contributed by atoms with E-state index in [1.807, 2.05) is 0 Å². The highest BCUT2D eigenvalue weighted by Crippen LogP contribution is 2.42. The van der Waals surface area contributed by atoms with Crippen LogP contribution < -0.4 is 5.32 Å². The van der Waals surface area contributed by atoms with E-state index in [9.17, 15) is 5.11 Å². The second-order valence-electron chi connectivity index (χ2n) is 6.77. The van der Waals surface area contributed by atoms with Crippen LogP contribution in [0, 0.1) is 18.8 Å². The molecule has 0 radical (unpaired) electrons. The van der Waals surface area contributed by atoms with E-state index >= 15 is 0 Å². The van der Waals surface area contributed by atoms with Gasteiger partial charge < -0.3 is 10.4 Å². The molecule has 3 rings (SSSR count). The van der Waals surface area contributed by atoms with Crippen LogP contribution in [0.3, 0.4) is 0 Å². The monoisotopic (exact) mass is 273 g/mol. The summed E-state index contributed by atoms with van der Waals surface area (Å²) in [5, 5.41) is 13.6. The van der Waals surface area contributed by atoms with E-state index in [1.165, 1.54) is 36.8 Å². The molecule has 2 nitrogen and oxygen atoms in total. The zero-order valence-electron chi connectivity index (χ0n) is 12.5. The minimum Gasteiger partial charge on any atom is -0.393 e. The van der Waals surface area contributed by atoms with E-state index < -0.39 is 0 Å². The lowest BCUT2D eigenvalue weighted by Gasteiger charge is -2.29. The van der Waals surface area contributed by atoms with Gasteiger partial charge in [0, 0.05) is 6.04 Å². The number of hydrogen-bond donors (Lipinski definition) is 2. The lowest BCUT2D eigenvalue weighted by atomic mass is 9.86. The highest BCUT2D eigenvalue weighted by molar-refractivity contribution is 5.30. The van der Waals surface area contributed by atoms with Gasteiger partial charge in [-0.2, -0.15) is 0 Å². The van der Waals surface area contributed by atoms with Gasteiger partial charge in [-0.25, -0.2) is 0 Å². The summed E-state index contributed by atoms with van der Waals surface area (Å²) in [6, 6.07) is 9.30. The Kier molecular flexibility index (Phi) is 4.42. The molecule has 0 heterocycles. The van der Waals surface area contributed by atoms with Crippen LogP contribution >= 0.6 is 0 Å². The van der Waals surface area contributed by atoms with Crippen molar-refractivity contribution in [3.63, 3.8) is 0 Å². The first-order chi connectivity index (χ1) is 9.74. The Morgan fingerprint density at radius 3 is 2.70 bits per heavy atom. The molecule has 0 bridgehead atoms. The highest BCUT2D eigenvalue weighted by atomic mass is 16.3. The Morgan fingerprint density at radius 1 is 1.20 bits per heavy atom. The average molecular weight is 273 g/mol. The molecule has 2 fully saturated rings. The van der Waals surface area contributed by atoms with Crippen LogP contribution in [0.1, 0.15) is 55.7 Å². The molecule has 2 saturated carbocycles. The maximum absolute atomic E-state index is 9.80. The first-order valence-corrected chi connectivity index (χ1v) is 8.21. The average Bonchev–Trinajstić information content (AvgIpc) is 3.26. The lowest BCUT2D eigenvalue weighted by molar-refractivity contribution is 0.0993. The van der Waals surface area contributed by atoms with Crippen molar-refractivity contribution in [3.05, 3.63) is 35.4 Å². The normalized spacial score (nSPS) is 28.3. The molecule has 2 N–H and O–H groups in total. The summed E-state index contributed by atoms with van der Waals surface area (Å²) >= 11 is 0. The van der Waals surface area contributed by atoms with Crippen LogP contribution in [-0.2, 0) is 0 Å². The molecular formula is C18H27NO. The number of aryl methyl sites for hydroxylation is 1. The predicted molar refractivity (Wildman–Crippen MR) is 82.6 cm³/mol. The smallest absolute Gasteiger partial charge is 0.0543 e. The molecule has 0 spiro atoms. The minimum absolute atomic E-state index is 0.0617. The summed E-state index contributed by atoms with van der Waals surface area (Å²) < 4.78 is 0. The summed E-state index contributed by atoms with van der Waals surface area (Å²) in [7, 11) is 0. The first kappa shape index (κ1) is 14.1. The van der Waals surface area contributed by atoms with Gasteiger partial charge in [0.1, 0.15) is 0 Å². The van der Waals surface area contributed by atoms with E-state index in [4.69, 9.17) is 0 Å². The summed E-state index contributed by atoms with van der Waals surface area (Å²) in [6.45, 7) is 3.28. The molecule has 0 saturated heterocycles. The molecule has 110 valence electrons. The highest BCUT2D eigenvalue weighted by Gasteiger charge is 2.33. The van der Waals surface area contributed by atoms with Gasteiger partial charge in [-0.15, -0.1) is 0 Å². The van der Waals surface area contributed by atoms with Gasteiger partial charge >= 0.3 is 0 Å². The molecule has 0 aliphatic heterocycles. The number of rotatable bonds is 5. The van der Waals surface area contributed by atoms with E-state index in [0.29, 0.717) is 12.0 Å². The van der Waals surface area contributed by atoms with Gasteiger partial charge in [0.2, 0.25) is 0 Å².